The van der Waals surface area contributed by atoms with Gasteiger partial charge in [-0.3, -0.25) is 0 Å². The molecule has 1 atom stereocenters. The van der Waals surface area contributed by atoms with Gasteiger partial charge in [0.2, 0.25) is 0 Å². The SMILES string of the molecule is CCc1ccsc1CNC(C)CNCCOC. The maximum absolute atomic E-state index is 4.99. The van der Waals surface area contributed by atoms with Crippen molar-refractivity contribution < 1.29 is 4.74 Å². The van der Waals surface area contributed by atoms with Gasteiger partial charge in [-0.25, -0.2) is 0 Å². The van der Waals surface area contributed by atoms with Crippen LogP contribution in [0.3, 0.4) is 0 Å². The topological polar surface area (TPSA) is 33.3 Å². The van der Waals surface area contributed by atoms with Gasteiger partial charge in [-0.2, -0.15) is 0 Å². The maximum Gasteiger partial charge on any atom is 0.0587 e. The Morgan fingerprint density at radius 1 is 1.47 bits per heavy atom. The summed E-state index contributed by atoms with van der Waals surface area (Å²) in [5.41, 5.74) is 1.47. The Morgan fingerprint density at radius 2 is 2.29 bits per heavy atom. The number of nitrogens with one attached hydrogen (secondary N) is 2. The first-order valence-corrected chi connectivity index (χ1v) is 7.14. The van der Waals surface area contributed by atoms with Crippen LogP contribution in [0.15, 0.2) is 11.4 Å². The van der Waals surface area contributed by atoms with Crippen molar-refractivity contribution in [3.05, 3.63) is 21.9 Å². The fraction of sp³-hybridized carbons (Fsp3) is 0.692. The van der Waals surface area contributed by atoms with E-state index >= 15 is 0 Å². The zero-order valence-corrected chi connectivity index (χ0v) is 11.9. The fourth-order valence-electron chi connectivity index (χ4n) is 1.67. The van der Waals surface area contributed by atoms with Crippen molar-refractivity contribution in [1.29, 1.82) is 0 Å². The number of thiophene rings is 1. The van der Waals surface area contributed by atoms with Crippen LogP contribution in [0.4, 0.5) is 0 Å². The molecule has 1 aromatic heterocycles. The Kier molecular flexibility index (Phi) is 7.44. The smallest absolute Gasteiger partial charge is 0.0587 e. The minimum atomic E-state index is 0.485. The van der Waals surface area contributed by atoms with Crippen molar-refractivity contribution in [3.63, 3.8) is 0 Å². The first kappa shape index (κ1) is 14.6. The number of hydrogen-bond acceptors (Lipinski definition) is 4. The minimum absolute atomic E-state index is 0.485. The number of rotatable bonds is 9. The van der Waals surface area contributed by atoms with Gasteiger partial charge < -0.3 is 15.4 Å². The largest absolute Gasteiger partial charge is 0.383 e. The molecule has 0 fully saturated rings. The molecule has 1 aromatic rings. The highest BCUT2D eigenvalue weighted by Gasteiger charge is 2.05. The van der Waals surface area contributed by atoms with E-state index in [4.69, 9.17) is 4.74 Å². The summed E-state index contributed by atoms with van der Waals surface area (Å²) in [5.74, 6) is 0. The van der Waals surface area contributed by atoms with Gasteiger partial charge in [0.15, 0.2) is 0 Å². The predicted molar refractivity (Wildman–Crippen MR) is 74.7 cm³/mol. The first-order valence-electron chi connectivity index (χ1n) is 6.26. The van der Waals surface area contributed by atoms with Crippen LogP contribution in [0.5, 0.6) is 0 Å². The molecule has 0 radical (unpaired) electrons. The van der Waals surface area contributed by atoms with Crippen LogP contribution in [0.2, 0.25) is 0 Å². The molecule has 3 nitrogen and oxygen atoms in total. The monoisotopic (exact) mass is 256 g/mol. The lowest BCUT2D eigenvalue weighted by Crippen LogP contribution is -2.37. The number of ether oxygens (including phenoxy) is 1. The van der Waals surface area contributed by atoms with E-state index in [0.29, 0.717) is 6.04 Å². The van der Waals surface area contributed by atoms with E-state index in [1.54, 1.807) is 7.11 Å². The summed E-state index contributed by atoms with van der Waals surface area (Å²) >= 11 is 1.85. The molecule has 0 aliphatic carbocycles. The molecule has 0 saturated heterocycles. The lowest BCUT2D eigenvalue weighted by Gasteiger charge is -2.14. The Balaban J connectivity index is 2.17. The summed E-state index contributed by atoms with van der Waals surface area (Å²) < 4.78 is 4.99. The lowest BCUT2D eigenvalue weighted by molar-refractivity contribution is 0.198. The van der Waals surface area contributed by atoms with E-state index in [1.165, 1.54) is 10.4 Å². The average molecular weight is 256 g/mol. The van der Waals surface area contributed by atoms with Crippen LogP contribution in [0.1, 0.15) is 24.3 Å². The van der Waals surface area contributed by atoms with Crippen LogP contribution >= 0.6 is 11.3 Å². The Bertz CT molecular complexity index is 301. The van der Waals surface area contributed by atoms with Gasteiger partial charge >= 0.3 is 0 Å². The van der Waals surface area contributed by atoms with Gasteiger partial charge in [0.1, 0.15) is 0 Å². The summed E-state index contributed by atoms with van der Waals surface area (Å²) in [6.07, 6.45) is 1.13. The Hall–Kier alpha value is -0.420. The average Bonchev–Trinajstić information content (AvgIpc) is 2.79. The summed E-state index contributed by atoms with van der Waals surface area (Å²) in [4.78, 5) is 1.47. The normalized spacial score (nSPS) is 12.9. The molecule has 1 heterocycles. The molecule has 2 N–H and O–H groups in total. The standard InChI is InChI=1S/C13H24N2OS/c1-4-12-5-8-17-13(12)10-15-11(2)9-14-6-7-16-3/h5,8,11,14-15H,4,6-7,9-10H2,1-3H3. The fourth-order valence-corrected chi connectivity index (χ4v) is 2.60. The van der Waals surface area contributed by atoms with Crippen LogP contribution < -0.4 is 10.6 Å². The number of aryl methyl sites for hydroxylation is 1. The van der Waals surface area contributed by atoms with E-state index < -0.39 is 0 Å². The molecule has 0 aliphatic rings. The van der Waals surface area contributed by atoms with Crippen LogP contribution in [0, 0.1) is 0 Å². The third-order valence-electron chi connectivity index (χ3n) is 2.76. The summed E-state index contributed by atoms with van der Waals surface area (Å²) in [7, 11) is 1.73. The van der Waals surface area contributed by atoms with Crippen molar-refractivity contribution in [1.82, 2.24) is 10.6 Å². The molecule has 0 saturated carbocycles. The number of methoxy groups -OCH3 is 1. The van der Waals surface area contributed by atoms with Gasteiger partial charge in [0, 0.05) is 37.7 Å². The first-order chi connectivity index (χ1) is 8.27. The Labute approximate surface area is 109 Å². The maximum atomic E-state index is 4.99. The molecule has 1 unspecified atom stereocenters. The van der Waals surface area contributed by atoms with Gasteiger partial charge in [-0.1, -0.05) is 6.92 Å². The van der Waals surface area contributed by atoms with Gasteiger partial charge in [-0.15, -0.1) is 11.3 Å². The van der Waals surface area contributed by atoms with Crippen molar-refractivity contribution in [2.75, 3.05) is 26.8 Å². The summed E-state index contributed by atoms with van der Waals surface area (Å²) in [6, 6.07) is 2.71. The molecule has 0 spiro atoms. The molecular formula is C13H24N2OS. The zero-order chi connectivity index (χ0) is 12.5. The predicted octanol–water partition coefficient (Wildman–Crippen LogP) is 2.02. The minimum Gasteiger partial charge on any atom is -0.383 e. The molecule has 0 aromatic carbocycles. The molecule has 1 rings (SSSR count). The van der Waals surface area contributed by atoms with Gasteiger partial charge in [-0.05, 0) is 30.4 Å². The molecule has 4 heteroatoms. The molecule has 0 amide bonds. The highest BCUT2D eigenvalue weighted by molar-refractivity contribution is 7.10. The van der Waals surface area contributed by atoms with Crippen molar-refractivity contribution in [2.45, 2.75) is 32.9 Å². The zero-order valence-electron chi connectivity index (χ0n) is 11.1. The van der Waals surface area contributed by atoms with Crippen LogP contribution in [0.25, 0.3) is 0 Å². The van der Waals surface area contributed by atoms with E-state index in [0.717, 1.165) is 32.7 Å². The van der Waals surface area contributed by atoms with Crippen LogP contribution in [-0.2, 0) is 17.7 Å². The number of hydrogen-bond donors (Lipinski definition) is 2. The second kappa shape index (κ2) is 8.64. The molecular weight excluding hydrogens is 232 g/mol. The lowest BCUT2D eigenvalue weighted by atomic mass is 10.2. The third kappa shape index (κ3) is 5.64. The molecule has 98 valence electrons. The molecule has 0 aliphatic heterocycles. The summed E-state index contributed by atoms with van der Waals surface area (Å²) in [6.45, 7) is 8.07. The molecule has 17 heavy (non-hydrogen) atoms. The highest BCUT2D eigenvalue weighted by atomic mass is 32.1. The van der Waals surface area contributed by atoms with Crippen molar-refractivity contribution in [3.8, 4) is 0 Å². The van der Waals surface area contributed by atoms with E-state index in [1.807, 2.05) is 11.3 Å². The quantitative estimate of drug-likeness (QED) is 0.663. The second-order valence-electron chi connectivity index (χ2n) is 4.20. The van der Waals surface area contributed by atoms with E-state index in [-0.39, 0.29) is 0 Å². The van der Waals surface area contributed by atoms with Gasteiger partial charge in [0.25, 0.3) is 0 Å². The van der Waals surface area contributed by atoms with Crippen molar-refractivity contribution in [2.24, 2.45) is 0 Å². The second-order valence-corrected chi connectivity index (χ2v) is 5.20. The molecule has 0 bridgehead atoms. The highest BCUT2D eigenvalue weighted by Crippen LogP contribution is 2.16. The van der Waals surface area contributed by atoms with Crippen LogP contribution in [-0.4, -0.2) is 32.8 Å². The van der Waals surface area contributed by atoms with E-state index in [2.05, 4.69) is 35.9 Å². The third-order valence-corrected chi connectivity index (χ3v) is 3.73. The summed E-state index contributed by atoms with van der Waals surface area (Å²) in [5, 5.41) is 9.08. The van der Waals surface area contributed by atoms with Gasteiger partial charge in [0.05, 0.1) is 6.61 Å². The Morgan fingerprint density at radius 3 is 3.00 bits per heavy atom. The van der Waals surface area contributed by atoms with Crippen molar-refractivity contribution >= 4 is 11.3 Å². The van der Waals surface area contributed by atoms with E-state index in [9.17, 15) is 0 Å².